The lowest BCUT2D eigenvalue weighted by molar-refractivity contribution is -0.143. The highest BCUT2D eigenvalue weighted by Crippen LogP contribution is 2.41. The number of methoxy groups -OCH3 is 1. The molecule has 0 spiro atoms. The van der Waals surface area contributed by atoms with Gasteiger partial charge in [0.05, 0.1) is 25.7 Å². The van der Waals surface area contributed by atoms with E-state index in [1.807, 2.05) is 18.2 Å². The van der Waals surface area contributed by atoms with E-state index in [1.165, 1.54) is 19.2 Å². The molecule has 1 atom stereocenters. The summed E-state index contributed by atoms with van der Waals surface area (Å²) in [4.78, 5) is 19.7. The number of alkyl halides is 3. The Hall–Kier alpha value is -3.82. The largest absolute Gasteiger partial charge is 0.496 e. The molecule has 2 aromatic carbocycles. The Labute approximate surface area is 198 Å². The van der Waals surface area contributed by atoms with E-state index in [9.17, 15) is 18.0 Å². The number of aryl methyl sites for hydroxylation is 1. The zero-order valence-electron chi connectivity index (χ0n) is 19.0. The fraction of sp³-hybridized carbons (Fsp3) is 0.320. The van der Waals surface area contributed by atoms with Crippen LogP contribution in [0.1, 0.15) is 42.5 Å². The molecule has 7 nitrogen and oxygen atoms in total. The molecular weight excluding hydrogens is 463 g/mol. The number of H-pyrrole nitrogens is 1. The van der Waals surface area contributed by atoms with Crippen LogP contribution in [0.4, 0.5) is 13.2 Å². The number of carbonyl (C=O) groups excluding carboxylic acids is 1. The molecule has 1 aliphatic rings. The number of hydrogen-bond donors (Lipinski definition) is 1. The lowest BCUT2D eigenvalue weighted by Gasteiger charge is -2.12. The van der Waals surface area contributed by atoms with Crippen LogP contribution in [0.2, 0.25) is 0 Å². The number of benzene rings is 2. The first-order chi connectivity index (χ1) is 16.8. The van der Waals surface area contributed by atoms with Crippen molar-refractivity contribution in [2.45, 2.75) is 38.3 Å². The van der Waals surface area contributed by atoms with Crippen LogP contribution in [-0.2, 0) is 22.1 Å². The third-order valence-electron chi connectivity index (χ3n) is 6.24. The maximum absolute atomic E-state index is 13.4. The minimum Gasteiger partial charge on any atom is -0.496 e. The van der Waals surface area contributed by atoms with E-state index in [-0.39, 0.29) is 34.9 Å². The summed E-state index contributed by atoms with van der Waals surface area (Å²) in [6, 6.07) is 9.25. The van der Waals surface area contributed by atoms with Crippen LogP contribution in [0, 0.1) is 0 Å². The van der Waals surface area contributed by atoms with Crippen molar-refractivity contribution in [2.24, 2.45) is 0 Å². The molecule has 182 valence electrons. The number of esters is 1. The Morgan fingerprint density at radius 3 is 2.74 bits per heavy atom. The van der Waals surface area contributed by atoms with Gasteiger partial charge in [0.2, 0.25) is 5.82 Å². The molecule has 5 rings (SSSR count). The molecular formula is C25H22F3N3O4. The fourth-order valence-electron chi connectivity index (χ4n) is 4.63. The Kier molecular flexibility index (Phi) is 5.74. The number of halogens is 3. The van der Waals surface area contributed by atoms with E-state index in [0.29, 0.717) is 18.6 Å². The van der Waals surface area contributed by atoms with Crippen LogP contribution < -0.4 is 4.74 Å². The number of rotatable bonds is 6. The first-order valence-corrected chi connectivity index (χ1v) is 11.2. The van der Waals surface area contributed by atoms with E-state index < -0.39 is 11.7 Å². The van der Waals surface area contributed by atoms with Crippen molar-refractivity contribution >= 4 is 16.9 Å². The van der Waals surface area contributed by atoms with Crippen molar-refractivity contribution in [1.29, 1.82) is 0 Å². The molecule has 0 bridgehead atoms. The summed E-state index contributed by atoms with van der Waals surface area (Å²) in [6.45, 7) is 2.14. The van der Waals surface area contributed by atoms with Crippen LogP contribution in [0.15, 0.2) is 40.9 Å². The van der Waals surface area contributed by atoms with Gasteiger partial charge < -0.3 is 19.0 Å². The summed E-state index contributed by atoms with van der Waals surface area (Å²) in [7, 11) is 1.18. The summed E-state index contributed by atoms with van der Waals surface area (Å²) < 4.78 is 55.4. The molecule has 2 aromatic heterocycles. The maximum atomic E-state index is 13.4. The van der Waals surface area contributed by atoms with Gasteiger partial charge in [-0.2, -0.15) is 18.2 Å². The number of nitrogens with one attached hydrogen (secondary N) is 1. The second kappa shape index (κ2) is 8.75. The Morgan fingerprint density at radius 2 is 2.00 bits per heavy atom. The van der Waals surface area contributed by atoms with E-state index in [0.717, 1.165) is 41.1 Å². The molecule has 0 saturated heterocycles. The lowest BCUT2D eigenvalue weighted by Crippen LogP contribution is -2.08. The summed E-state index contributed by atoms with van der Waals surface area (Å²) >= 11 is 0. The van der Waals surface area contributed by atoms with Crippen LogP contribution in [0.25, 0.3) is 33.7 Å². The number of nitrogens with zero attached hydrogens (tertiary/aromatic N) is 2. The smallest absolute Gasteiger partial charge is 0.419 e. The van der Waals surface area contributed by atoms with Crippen molar-refractivity contribution in [3.63, 3.8) is 0 Å². The highest BCUT2D eigenvalue weighted by molar-refractivity contribution is 5.89. The van der Waals surface area contributed by atoms with Gasteiger partial charge in [0.1, 0.15) is 5.75 Å². The van der Waals surface area contributed by atoms with Gasteiger partial charge in [0, 0.05) is 33.6 Å². The average Bonchev–Trinajstić information content (AvgIpc) is 3.54. The van der Waals surface area contributed by atoms with Gasteiger partial charge in [0.25, 0.3) is 5.89 Å². The summed E-state index contributed by atoms with van der Waals surface area (Å²) in [5.41, 5.74) is 3.01. The molecule has 0 saturated carbocycles. The summed E-state index contributed by atoms with van der Waals surface area (Å²) in [5.74, 6) is -0.177. The zero-order valence-corrected chi connectivity index (χ0v) is 19.0. The summed E-state index contributed by atoms with van der Waals surface area (Å²) in [6.07, 6.45) is -2.58. The van der Waals surface area contributed by atoms with Crippen molar-refractivity contribution in [1.82, 2.24) is 15.1 Å². The van der Waals surface area contributed by atoms with Gasteiger partial charge in [0.15, 0.2) is 0 Å². The van der Waals surface area contributed by atoms with Crippen LogP contribution in [0.3, 0.4) is 0 Å². The van der Waals surface area contributed by atoms with Gasteiger partial charge in [-0.05, 0) is 61.7 Å². The SMILES string of the molecule is CCOC(=O)CC1CCc2c1[nH]c1ccc(-c3noc(-c4ccc(OC)c(C(F)(F)F)c4)n3)cc21. The molecule has 0 amide bonds. The Bertz CT molecular complexity index is 1410. The highest BCUT2D eigenvalue weighted by Gasteiger charge is 2.35. The number of ether oxygens (including phenoxy) is 2. The van der Waals surface area contributed by atoms with E-state index in [1.54, 1.807) is 6.92 Å². The normalized spacial score (nSPS) is 15.4. The monoisotopic (exact) mass is 485 g/mol. The zero-order chi connectivity index (χ0) is 24.7. The number of aromatic nitrogens is 3. The van der Waals surface area contributed by atoms with Gasteiger partial charge in [-0.15, -0.1) is 0 Å². The lowest BCUT2D eigenvalue weighted by atomic mass is 10.0. The van der Waals surface area contributed by atoms with Gasteiger partial charge in [-0.1, -0.05) is 5.16 Å². The predicted molar refractivity (Wildman–Crippen MR) is 121 cm³/mol. The second-order valence-electron chi connectivity index (χ2n) is 8.36. The number of fused-ring (bicyclic) bond motifs is 3. The molecule has 0 fully saturated rings. The van der Waals surface area contributed by atoms with Crippen molar-refractivity contribution in [3.8, 4) is 28.6 Å². The summed E-state index contributed by atoms with van der Waals surface area (Å²) in [5, 5.41) is 4.99. The quantitative estimate of drug-likeness (QED) is 0.342. The van der Waals surface area contributed by atoms with Crippen LogP contribution in [0.5, 0.6) is 5.75 Å². The minimum atomic E-state index is -4.59. The number of carbonyl (C=O) groups is 1. The van der Waals surface area contributed by atoms with E-state index in [2.05, 4.69) is 15.1 Å². The maximum Gasteiger partial charge on any atom is 0.419 e. The number of aromatic amines is 1. The van der Waals surface area contributed by atoms with Gasteiger partial charge in [-0.3, -0.25) is 4.79 Å². The second-order valence-corrected chi connectivity index (χ2v) is 8.36. The molecule has 0 aliphatic heterocycles. The highest BCUT2D eigenvalue weighted by atomic mass is 19.4. The first kappa shape index (κ1) is 22.9. The number of hydrogen-bond acceptors (Lipinski definition) is 6. The third kappa shape index (κ3) is 4.24. The van der Waals surface area contributed by atoms with Crippen LogP contribution in [-0.4, -0.2) is 34.8 Å². The first-order valence-electron chi connectivity index (χ1n) is 11.2. The molecule has 1 aliphatic carbocycles. The fourth-order valence-corrected chi connectivity index (χ4v) is 4.63. The van der Waals surface area contributed by atoms with Crippen molar-refractivity contribution < 1.29 is 32.0 Å². The van der Waals surface area contributed by atoms with Gasteiger partial charge in [-0.25, -0.2) is 0 Å². The van der Waals surface area contributed by atoms with Gasteiger partial charge >= 0.3 is 12.1 Å². The van der Waals surface area contributed by atoms with Crippen LogP contribution >= 0.6 is 0 Å². The van der Waals surface area contributed by atoms with Crippen molar-refractivity contribution in [2.75, 3.05) is 13.7 Å². The molecule has 1 unspecified atom stereocenters. The molecule has 2 heterocycles. The molecule has 10 heteroatoms. The molecule has 4 aromatic rings. The predicted octanol–water partition coefficient (Wildman–Crippen LogP) is 5.90. The van der Waals surface area contributed by atoms with E-state index in [4.69, 9.17) is 14.0 Å². The van der Waals surface area contributed by atoms with E-state index >= 15 is 0 Å². The molecule has 35 heavy (non-hydrogen) atoms. The average molecular weight is 485 g/mol. The van der Waals surface area contributed by atoms with Crippen molar-refractivity contribution in [3.05, 3.63) is 53.2 Å². The standard InChI is InChI=1S/C25H22F3N3O4/c1-3-34-21(32)12-13-4-7-16-17-10-14(5-8-19(17)29-22(13)16)23-30-24(35-31-23)15-6-9-20(33-2)18(11-15)25(26,27)28/h5-6,8-11,13,29H,3-4,7,12H2,1-2H3. The molecule has 0 radical (unpaired) electrons. The Morgan fingerprint density at radius 1 is 1.20 bits per heavy atom. The topological polar surface area (TPSA) is 90.2 Å². The Balaban J connectivity index is 1.45. The third-order valence-corrected chi connectivity index (χ3v) is 6.24. The minimum absolute atomic E-state index is 0.0259. The molecule has 1 N–H and O–H groups in total.